The van der Waals surface area contributed by atoms with E-state index in [9.17, 15) is 14.0 Å². The summed E-state index contributed by atoms with van der Waals surface area (Å²) in [5.41, 5.74) is 0.0915. The predicted molar refractivity (Wildman–Crippen MR) is 126 cm³/mol. The van der Waals surface area contributed by atoms with Crippen molar-refractivity contribution in [2.75, 3.05) is 35.6 Å². The van der Waals surface area contributed by atoms with Gasteiger partial charge in [0, 0.05) is 42.8 Å². The lowest BCUT2D eigenvalue weighted by Crippen LogP contribution is -2.56. The highest BCUT2D eigenvalue weighted by Gasteiger charge is 2.34. The highest BCUT2D eigenvalue weighted by Crippen LogP contribution is 2.26. The third-order valence-corrected chi connectivity index (χ3v) is 6.02. The Balaban J connectivity index is 1.61. The molecule has 0 radical (unpaired) electrons. The number of nitrogens with zero attached hydrogens (tertiary/aromatic N) is 4. The quantitative estimate of drug-likeness (QED) is 0.395. The number of aromatic nitrogens is 2. The van der Waals surface area contributed by atoms with Crippen LogP contribution in [0.5, 0.6) is 0 Å². The van der Waals surface area contributed by atoms with Crippen LogP contribution in [0.25, 0.3) is 0 Å². The van der Waals surface area contributed by atoms with Gasteiger partial charge in [0.1, 0.15) is 16.8 Å². The number of anilines is 2. The minimum atomic E-state index is -0.424. The number of hydrogen-bond acceptors (Lipinski definition) is 6. The van der Waals surface area contributed by atoms with Crippen LogP contribution in [0.2, 0.25) is 5.15 Å². The molecule has 32 heavy (non-hydrogen) atoms. The molecule has 0 aliphatic carbocycles. The molecule has 1 aliphatic heterocycles. The summed E-state index contributed by atoms with van der Waals surface area (Å²) in [5, 5.41) is 3.38. The van der Waals surface area contributed by atoms with Crippen LogP contribution in [0.4, 0.5) is 15.9 Å². The minimum Gasteiger partial charge on any atom is -0.353 e. The van der Waals surface area contributed by atoms with E-state index in [1.54, 1.807) is 6.07 Å². The van der Waals surface area contributed by atoms with Gasteiger partial charge in [-0.05, 0) is 31.2 Å². The van der Waals surface area contributed by atoms with Gasteiger partial charge >= 0.3 is 0 Å². The second kappa shape index (κ2) is 10.0. The van der Waals surface area contributed by atoms with Crippen LogP contribution in [0.1, 0.15) is 27.7 Å². The highest BCUT2D eigenvalue weighted by atomic mass is 35.5. The molecule has 0 spiro atoms. The molecule has 1 unspecified atom stereocenters. The number of nitrogens with one attached hydrogen (secondary N) is 1. The molecule has 1 fully saturated rings. The fourth-order valence-corrected chi connectivity index (χ4v) is 4.25. The van der Waals surface area contributed by atoms with E-state index in [2.05, 4.69) is 20.2 Å². The summed E-state index contributed by atoms with van der Waals surface area (Å²) in [6.07, 6.45) is 0. The summed E-state index contributed by atoms with van der Waals surface area (Å²) in [4.78, 5) is 37.6. The van der Waals surface area contributed by atoms with Gasteiger partial charge in [-0.2, -0.15) is 0 Å². The lowest BCUT2D eigenvalue weighted by atomic mass is 9.93. The summed E-state index contributed by atoms with van der Waals surface area (Å²) < 4.78 is 13.0. The molecule has 10 heteroatoms. The van der Waals surface area contributed by atoms with E-state index in [4.69, 9.17) is 11.6 Å². The Morgan fingerprint density at radius 3 is 2.53 bits per heavy atom. The van der Waals surface area contributed by atoms with E-state index in [0.717, 1.165) is 0 Å². The van der Waals surface area contributed by atoms with Gasteiger partial charge in [0.25, 0.3) is 0 Å². The zero-order valence-electron chi connectivity index (χ0n) is 18.6. The summed E-state index contributed by atoms with van der Waals surface area (Å²) in [6.45, 7) is 9.66. The van der Waals surface area contributed by atoms with Crippen LogP contribution in [-0.2, 0) is 9.59 Å². The van der Waals surface area contributed by atoms with Crippen molar-refractivity contribution in [2.24, 2.45) is 5.41 Å². The Kier molecular flexibility index (Phi) is 7.61. The standard InChI is InChI=1S/C22H27ClFN5O2S/c1-14-12-28(9-10-29(14)20(31)22(2,3)4)18-11-17(23)26-21(27-18)32-13-19(30)25-16-7-5-15(24)6-8-16/h5-8,11,14H,9-10,12-13H2,1-4H3,(H,25,30). The van der Waals surface area contributed by atoms with Crippen molar-refractivity contribution < 1.29 is 14.0 Å². The maximum Gasteiger partial charge on any atom is 0.234 e. The second-order valence-electron chi connectivity index (χ2n) is 8.72. The van der Waals surface area contributed by atoms with Crippen LogP contribution in [0.3, 0.4) is 0 Å². The zero-order valence-corrected chi connectivity index (χ0v) is 20.1. The lowest BCUT2D eigenvalue weighted by Gasteiger charge is -2.42. The SMILES string of the molecule is CC1CN(c2cc(Cl)nc(SCC(=O)Nc3ccc(F)cc3)n2)CCN1C(=O)C(C)(C)C. The van der Waals surface area contributed by atoms with Crippen LogP contribution in [-0.4, -0.2) is 58.1 Å². The third-order valence-electron chi connectivity index (χ3n) is 4.98. The molecule has 2 heterocycles. The molecule has 1 saturated heterocycles. The van der Waals surface area contributed by atoms with Gasteiger partial charge in [-0.1, -0.05) is 44.1 Å². The van der Waals surface area contributed by atoms with Crippen molar-refractivity contribution in [1.82, 2.24) is 14.9 Å². The lowest BCUT2D eigenvalue weighted by molar-refractivity contribution is -0.142. The van der Waals surface area contributed by atoms with Crippen LogP contribution >= 0.6 is 23.4 Å². The van der Waals surface area contributed by atoms with E-state index in [-0.39, 0.29) is 34.6 Å². The minimum absolute atomic E-state index is 0.0294. The molecular weight excluding hydrogens is 453 g/mol. The van der Waals surface area contributed by atoms with E-state index in [1.165, 1.54) is 36.0 Å². The molecule has 1 aliphatic rings. The van der Waals surface area contributed by atoms with Crippen LogP contribution < -0.4 is 10.2 Å². The first-order valence-corrected chi connectivity index (χ1v) is 11.7. The number of piperazine rings is 1. The Morgan fingerprint density at radius 1 is 1.22 bits per heavy atom. The maximum absolute atomic E-state index is 13.0. The fraction of sp³-hybridized carbons (Fsp3) is 0.455. The predicted octanol–water partition coefficient (Wildman–Crippen LogP) is 4.08. The monoisotopic (exact) mass is 479 g/mol. The second-order valence-corrected chi connectivity index (χ2v) is 10.0. The Labute approximate surface area is 196 Å². The van der Waals surface area contributed by atoms with Crippen LogP contribution in [0.15, 0.2) is 35.5 Å². The Morgan fingerprint density at radius 2 is 1.91 bits per heavy atom. The normalized spacial score (nSPS) is 16.8. The molecule has 1 aromatic carbocycles. The van der Waals surface area contributed by atoms with Crippen molar-refractivity contribution >= 4 is 46.7 Å². The molecule has 0 saturated carbocycles. The summed E-state index contributed by atoms with van der Waals surface area (Å²) >= 11 is 7.38. The molecule has 172 valence electrons. The number of carbonyl (C=O) groups excluding carboxylic acids is 2. The molecule has 1 aromatic heterocycles. The van der Waals surface area contributed by atoms with E-state index in [1.807, 2.05) is 32.6 Å². The number of hydrogen-bond donors (Lipinski definition) is 1. The number of rotatable bonds is 5. The Bertz CT molecular complexity index is 983. The van der Waals surface area contributed by atoms with Gasteiger partial charge < -0.3 is 15.1 Å². The van der Waals surface area contributed by atoms with Crippen molar-refractivity contribution in [3.63, 3.8) is 0 Å². The van der Waals surface area contributed by atoms with Gasteiger partial charge in [-0.15, -0.1) is 0 Å². The summed E-state index contributed by atoms with van der Waals surface area (Å²) in [6, 6.07) is 7.28. The average molecular weight is 480 g/mol. The van der Waals surface area contributed by atoms with E-state index >= 15 is 0 Å². The van der Waals surface area contributed by atoms with Gasteiger partial charge in [0.05, 0.1) is 5.75 Å². The van der Waals surface area contributed by atoms with Crippen molar-refractivity contribution in [2.45, 2.75) is 38.9 Å². The molecule has 7 nitrogen and oxygen atoms in total. The van der Waals surface area contributed by atoms with Gasteiger partial charge in [-0.25, -0.2) is 14.4 Å². The molecular formula is C22H27ClFN5O2S. The van der Waals surface area contributed by atoms with Crippen molar-refractivity contribution in [3.8, 4) is 0 Å². The average Bonchev–Trinajstić information content (AvgIpc) is 2.72. The number of halogens is 2. The smallest absolute Gasteiger partial charge is 0.234 e. The van der Waals surface area contributed by atoms with Gasteiger partial charge in [0.2, 0.25) is 11.8 Å². The van der Waals surface area contributed by atoms with E-state index in [0.29, 0.717) is 36.3 Å². The topological polar surface area (TPSA) is 78.4 Å². The van der Waals surface area contributed by atoms with Crippen molar-refractivity contribution in [1.29, 1.82) is 0 Å². The molecule has 1 atom stereocenters. The third kappa shape index (κ3) is 6.32. The van der Waals surface area contributed by atoms with Gasteiger partial charge in [-0.3, -0.25) is 9.59 Å². The molecule has 1 N–H and O–H groups in total. The number of benzene rings is 1. The number of carbonyl (C=O) groups is 2. The van der Waals surface area contributed by atoms with Gasteiger partial charge in [0.15, 0.2) is 5.16 Å². The van der Waals surface area contributed by atoms with Crippen LogP contribution in [0, 0.1) is 11.2 Å². The van der Waals surface area contributed by atoms with E-state index < -0.39 is 5.41 Å². The number of amides is 2. The largest absolute Gasteiger partial charge is 0.353 e. The summed E-state index contributed by atoms with van der Waals surface area (Å²) in [5.74, 6) is 0.265. The molecule has 2 amide bonds. The molecule has 3 rings (SSSR count). The first-order chi connectivity index (χ1) is 15.0. The maximum atomic E-state index is 13.0. The highest BCUT2D eigenvalue weighted by molar-refractivity contribution is 7.99. The first kappa shape index (κ1) is 24.3. The zero-order chi connectivity index (χ0) is 23.5. The fourth-order valence-electron chi connectivity index (χ4n) is 3.37. The summed E-state index contributed by atoms with van der Waals surface area (Å²) in [7, 11) is 0. The Hall–Kier alpha value is -2.39. The van der Waals surface area contributed by atoms with Crippen molar-refractivity contribution in [3.05, 3.63) is 41.3 Å². The number of thioether (sulfide) groups is 1. The molecule has 0 bridgehead atoms. The molecule has 2 aromatic rings. The first-order valence-electron chi connectivity index (χ1n) is 10.3.